The molecule has 0 atom stereocenters. The molecule has 0 saturated heterocycles. The summed E-state index contributed by atoms with van der Waals surface area (Å²) in [5.74, 6) is 0.717. The first-order chi connectivity index (χ1) is 12.8. The van der Waals surface area contributed by atoms with Crippen molar-refractivity contribution in [3.05, 3.63) is 65.0 Å². The van der Waals surface area contributed by atoms with Crippen molar-refractivity contribution >= 4 is 22.4 Å². The highest BCUT2D eigenvalue weighted by Crippen LogP contribution is 2.27. The molecule has 0 spiro atoms. The summed E-state index contributed by atoms with van der Waals surface area (Å²) in [4.78, 5) is 16.9. The molecule has 0 unspecified atom stereocenters. The van der Waals surface area contributed by atoms with Gasteiger partial charge in [-0.1, -0.05) is 57.2 Å². The van der Waals surface area contributed by atoms with Gasteiger partial charge in [0, 0.05) is 10.9 Å². The normalized spacial score (nSPS) is 11.3. The van der Waals surface area contributed by atoms with Crippen LogP contribution in [0.5, 0.6) is 5.75 Å². The van der Waals surface area contributed by atoms with Gasteiger partial charge in [-0.15, -0.1) is 11.3 Å². The molecule has 4 nitrogen and oxygen atoms in total. The SMILES string of the molecule is COc1cccc(-c2csc(NC(=O)Cc3ccc(C(C)(C)C)cc3)n2)c1. The number of methoxy groups -OCH3 is 1. The quantitative estimate of drug-likeness (QED) is 0.654. The zero-order valence-electron chi connectivity index (χ0n) is 16.1. The predicted octanol–water partition coefficient (Wildman–Crippen LogP) is 5.30. The van der Waals surface area contributed by atoms with Crippen molar-refractivity contribution < 1.29 is 9.53 Å². The van der Waals surface area contributed by atoms with Crippen LogP contribution in [0.1, 0.15) is 31.9 Å². The second kappa shape index (κ2) is 7.92. The highest BCUT2D eigenvalue weighted by atomic mass is 32.1. The number of nitrogens with zero attached hydrogens (tertiary/aromatic N) is 1. The van der Waals surface area contributed by atoms with Crippen molar-refractivity contribution in [3.63, 3.8) is 0 Å². The maximum absolute atomic E-state index is 12.3. The number of aromatic nitrogens is 1. The zero-order valence-corrected chi connectivity index (χ0v) is 16.9. The molecule has 0 bridgehead atoms. The fraction of sp³-hybridized carbons (Fsp3) is 0.273. The van der Waals surface area contributed by atoms with Gasteiger partial charge in [-0.2, -0.15) is 0 Å². The molecule has 0 radical (unpaired) electrons. The molecule has 2 aromatic carbocycles. The molecule has 140 valence electrons. The largest absolute Gasteiger partial charge is 0.497 e. The molecule has 5 heteroatoms. The van der Waals surface area contributed by atoms with Gasteiger partial charge in [0.2, 0.25) is 5.91 Å². The number of anilines is 1. The molecule has 1 amide bonds. The average Bonchev–Trinajstić information content (AvgIpc) is 3.10. The molecule has 1 N–H and O–H groups in total. The molecule has 0 aliphatic heterocycles. The van der Waals surface area contributed by atoms with E-state index >= 15 is 0 Å². The van der Waals surface area contributed by atoms with Gasteiger partial charge in [0.05, 0.1) is 19.2 Å². The predicted molar refractivity (Wildman–Crippen MR) is 112 cm³/mol. The molecule has 0 fully saturated rings. The van der Waals surface area contributed by atoms with E-state index in [1.807, 2.05) is 41.8 Å². The third-order valence-corrected chi connectivity index (χ3v) is 5.06. The average molecular weight is 381 g/mol. The van der Waals surface area contributed by atoms with E-state index in [4.69, 9.17) is 4.74 Å². The molecule has 3 rings (SSSR count). The number of nitrogens with one attached hydrogen (secondary N) is 1. The summed E-state index contributed by atoms with van der Waals surface area (Å²) in [6, 6.07) is 15.9. The topological polar surface area (TPSA) is 51.2 Å². The Bertz CT molecular complexity index is 924. The van der Waals surface area contributed by atoms with Crippen molar-refractivity contribution in [2.75, 3.05) is 12.4 Å². The summed E-state index contributed by atoms with van der Waals surface area (Å²) in [5, 5.41) is 5.43. The lowest BCUT2D eigenvalue weighted by Gasteiger charge is -2.19. The standard InChI is InChI=1S/C22H24N2O2S/c1-22(2,3)17-10-8-15(9-11-17)12-20(25)24-21-23-19(14-27-21)16-6-5-7-18(13-16)26-4/h5-11,13-14H,12H2,1-4H3,(H,23,24,25). The van der Waals surface area contributed by atoms with Gasteiger partial charge in [0.1, 0.15) is 5.75 Å². The maximum atomic E-state index is 12.3. The number of carbonyl (C=O) groups excluding carboxylic acids is 1. The minimum absolute atomic E-state index is 0.0648. The molecule has 0 saturated carbocycles. The van der Waals surface area contributed by atoms with Crippen LogP contribution in [-0.2, 0) is 16.6 Å². The van der Waals surface area contributed by atoms with Gasteiger partial charge in [0.15, 0.2) is 5.13 Å². The highest BCUT2D eigenvalue weighted by Gasteiger charge is 2.14. The lowest BCUT2D eigenvalue weighted by molar-refractivity contribution is -0.115. The Hall–Kier alpha value is -2.66. The summed E-state index contributed by atoms with van der Waals surface area (Å²) < 4.78 is 5.25. The Morgan fingerprint density at radius 1 is 1.15 bits per heavy atom. The fourth-order valence-electron chi connectivity index (χ4n) is 2.72. The second-order valence-corrected chi connectivity index (χ2v) is 8.30. The Morgan fingerprint density at radius 2 is 1.89 bits per heavy atom. The van der Waals surface area contributed by atoms with Gasteiger partial charge in [-0.05, 0) is 28.7 Å². The van der Waals surface area contributed by atoms with Crippen LogP contribution in [-0.4, -0.2) is 18.0 Å². The smallest absolute Gasteiger partial charge is 0.230 e. The number of thiazole rings is 1. The number of benzene rings is 2. The van der Waals surface area contributed by atoms with Gasteiger partial charge in [0.25, 0.3) is 0 Å². The Balaban J connectivity index is 1.64. The van der Waals surface area contributed by atoms with E-state index in [-0.39, 0.29) is 11.3 Å². The summed E-state index contributed by atoms with van der Waals surface area (Å²) in [7, 11) is 1.64. The third kappa shape index (κ3) is 4.95. The first-order valence-corrected chi connectivity index (χ1v) is 9.72. The maximum Gasteiger partial charge on any atom is 0.230 e. The van der Waals surface area contributed by atoms with E-state index in [2.05, 4.69) is 43.2 Å². The van der Waals surface area contributed by atoms with Crippen molar-refractivity contribution in [1.29, 1.82) is 0 Å². The number of ether oxygens (including phenoxy) is 1. The van der Waals surface area contributed by atoms with E-state index < -0.39 is 0 Å². The summed E-state index contributed by atoms with van der Waals surface area (Å²) in [5.41, 5.74) is 4.14. The van der Waals surface area contributed by atoms with Crippen LogP contribution in [0.3, 0.4) is 0 Å². The Morgan fingerprint density at radius 3 is 2.56 bits per heavy atom. The van der Waals surface area contributed by atoms with E-state index in [9.17, 15) is 4.79 Å². The monoisotopic (exact) mass is 380 g/mol. The van der Waals surface area contributed by atoms with Gasteiger partial charge in [-0.25, -0.2) is 4.98 Å². The van der Waals surface area contributed by atoms with Crippen LogP contribution in [0.25, 0.3) is 11.3 Å². The van der Waals surface area contributed by atoms with Crippen molar-refractivity contribution in [3.8, 4) is 17.0 Å². The molecule has 1 heterocycles. The van der Waals surface area contributed by atoms with Crippen LogP contribution in [0.15, 0.2) is 53.9 Å². The van der Waals surface area contributed by atoms with E-state index in [0.717, 1.165) is 22.6 Å². The number of amides is 1. The number of rotatable bonds is 5. The minimum atomic E-state index is -0.0648. The minimum Gasteiger partial charge on any atom is -0.497 e. The van der Waals surface area contributed by atoms with Crippen LogP contribution in [0.2, 0.25) is 0 Å². The van der Waals surface area contributed by atoms with Crippen LogP contribution in [0.4, 0.5) is 5.13 Å². The second-order valence-electron chi connectivity index (χ2n) is 7.44. The zero-order chi connectivity index (χ0) is 19.4. The van der Waals surface area contributed by atoms with Gasteiger partial charge < -0.3 is 10.1 Å². The third-order valence-electron chi connectivity index (χ3n) is 4.30. The summed E-state index contributed by atoms with van der Waals surface area (Å²) >= 11 is 1.42. The van der Waals surface area contributed by atoms with Crippen molar-refractivity contribution in [1.82, 2.24) is 4.98 Å². The number of carbonyl (C=O) groups is 1. The van der Waals surface area contributed by atoms with Crippen LogP contribution >= 0.6 is 11.3 Å². The molecule has 3 aromatic rings. The number of hydrogen-bond donors (Lipinski definition) is 1. The molecular weight excluding hydrogens is 356 g/mol. The van der Waals surface area contributed by atoms with E-state index in [0.29, 0.717) is 11.6 Å². The van der Waals surface area contributed by atoms with E-state index in [1.54, 1.807) is 7.11 Å². The first kappa shape index (κ1) is 19.1. The van der Waals surface area contributed by atoms with Crippen LogP contribution < -0.4 is 10.1 Å². The first-order valence-electron chi connectivity index (χ1n) is 8.84. The van der Waals surface area contributed by atoms with Crippen molar-refractivity contribution in [2.45, 2.75) is 32.6 Å². The lowest BCUT2D eigenvalue weighted by Crippen LogP contribution is -2.15. The molecular formula is C22H24N2O2S. The van der Waals surface area contributed by atoms with Crippen molar-refractivity contribution in [2.24, 2.45) is 0 Å². The Labute approximate surface area is 164 Å². The molecule has 1 aromatic heterocycles. The Kier molecular flexibility index (Phi) is 5.61. The van der Waals surface area contributed by atoms with E-state index in [1.165, 1.54) is 16.9 Å². The van der Waals surface area contributed by atoms with Gasteiger partial charge in [-0.3, -0.25) is 4.79 Å². The molecule has 27 heavy (non-hydrogen) atoms. The fourth-order valence-corrected chi connectivity index (χ4v) is 3.45. The lowest BCUT2D eigenvalue weighted by atomic mass is 9.86. The molecule has 0 aliphatic carbocycles. The van der Waals surface area contributed by atoms with Gasteiger partial charge >= 0.3 is 0 Å². The number of hydrogen-bond acceptors (Lipinski definition) is 4. The summed E-state index contributed by atoms with van der Waals surface area (Å²) in [6.45, 7) is 6.53. The molecule has 0 aliphatic rings. The highest BCUT2D eigenvalue weighted by molar-refractivity contribution is 7.14. The van der Waals surface area contributed by atoms with Crippen LogP contribution in [0, 0.1) is 0 Å². The summed E-state index contributed by atoms with van der Waals surface area (Å²) in [6.07, 6.45) is 0.332.